The zero-order valence-corrected chi connectivity index (χ0v) is 16.1. The summed E-state index contributed by atoms with van der Waals surface area (Å²) >= 11 is 0. The number of carbonyl (C=O) groups excluding carboxylic acids is 1. The minimum Gasteiger partial charge on any atom is -0.493 e. The second kappa shape index (κ2) is 9.50. The molecule has 1 amide bonds. The number of amides is 1. The van der Waals surface area contributed by atoms with Crippen molar-refractivity contribution in [1.82, 2.24) is 10.2 Å². The third kappa shape index (κ3) is 5.41. The number of hydrogen-bond donors (Lipinski definition) is 2. The summed E-state index contributed by atoms with van der Waals surface area (Å²) in [5.41, 5.74) is 1.43. The van der Waals surface area contributed by atoms with E-state index in [-0.39, 0.29) is 5.91 Å². The van der Waals surface area contributed by atoms with Crippen LogP contribution in [0.5, 0.6) is 11.5 Å². The molecule has 1 aromatic heterocycles. The minimum atomic E-state index is -0.398. The Hall–Kier alpha value is -3.68. The molecule has 2 aromatic carbocycles. The number of nitrogens with zero attached hydrogens (tertiary/aromatic N) is 2. The van der Waals surface area contributed by atoms with Gasteiger partial charge in [-0.1, -0.05) is 6.07 Å². The van der Waals surface area contributed by atoms with Crippen molar-refractivity contribution in [2.45, 2.75) is 6.42 Å². The van der Waals surface area contributed by atoms with Crippen LogP contribution >= 0.6 is 0 Å². The largest absolute Gasteiger partial charge is 0.493 e. The summed E-state index contributed by atoms with van der Waals surface area (Å²) in [6.07, 6.45) is 0.755. The van der Waals surface area contributed by atoms with Crippen molar-refractivity contribution in [3.8, 4) is 11.5 Å². The van der Waals surface area contributed by atoms with Crippen LogP contribution in [0.3, 0.4) is 0 Å². The molecule has 150 valence electrons. The minimum absolute atomic E-state index is 0.310. The third-order valence-corrected chi connectivity index (χ3v) is 4.18. The highest BCUT2D eigenvalue weighted by Gasteiger charge is 2.08. The van der Waals surface area contributed by atoms with Crippen LogP contribution in [0.1, 0.15) is 15.9 Å². The Kier molecular flexibility index (Phi) is 6.57. The molecule has 0 aliphatic carbocycles. The van der Waals surface area contributed by atoms with Crippen LogP contribution in [0.15, 0.2) is 54.6 Å². The van der Waals surface area contributed by atoms with Gasteiger partial charge in [0, 0.05) is 12.1 Å². The zero-order chi connectivity index (χ0) is 20.6. The van der Waals surface area contributed by atoms with Crippen molar-refractivity contribution in [3.05, 3.63) is 71.5 Å². The van der Waals surface area contributed by atoms with Crippen molar-refractivity contribution in [2.24, 2.45) is 0 Å². The van der Waals surface area contributed by atoms with Gasteiger partial charge in [0.25, 0.3) is 5.91 Å². The first-order valence-corrected chi connectivity index (χ1v) is 8.94. The highest BCUT2D eigenvalue weighted by molar-refractivity contribution is 6.03. The molecule has 1 heterocycles. The summed E-state index contributed by atoms with van der Waals surface area (Å²) in [5, 5.41) is 13.8. The monoisotopic (exact) mass is 396 g/mol. The number of ether oxygens (including phenoxy) is 2. The summed E-state index contributed by atoms with van der Waals surface area (Å²) in [5.74, 6) is 1.49. The predicted octanol–water partition coefficient (Wildman–Crippen LogP) is 3.54. The quantitative estimate of drug-likeness (QED) is 0.606. The Bertz CT molecular complexity index is 963. The molecule has 0 fully saturated rings. The lowest BCUT2D eigenvalue weighted by Crippen LogP contribution is -2.14. The average Bonchev–Trinajstić information content (AvgIpc) is 2.75. The maximum Gasteiger partial charge on any atom is 0.256 e. The molecule has 0 atom stereocenters. The lowest BCUT2D eigenvalue weighted by molar-refractivity contribution is 0.102. The lowest BCUT2D eigenvalue weighted by Gasteiger charge is -2.10. The topological polar surface area (TPSA) is 85.4 Å². The van der Waals surface area contributed by atoms with Gasteiger partial charge in [-0.3, -0.25) is 4.79 Å². The first-order valence-electron chi connectivity index (χ1n) is 8.94. The lowest BCUT2D eigenvalue weighted by atomic mass is 10.1. The highest BCUT2D eigenvalue weighted by Crippen LogP contribution is 2.27. The summed E-state index contributed by atoms with van der Waals surface area (Å²) in [6.45, 7) is 0.644. The van der Waals surface area contributed by atoms with Gasteiger partial charge in [0.2, 0.25) is 0 Å². The normalized spacial score (nSPS) is 10.3. The summed E-state index contributed by atoms with van der Waals surface area (Å²) in [7, 11) is 3.20. The number of benzene rings is 2. The molecule has 0 unspecified atom stereocenters. The SMILES string of the molecule is COc1ccc(CCNc2ccc(NC(=O)c3ccc(F)cc3)nn2)cc1OC. The number of anilines is 2. The fraction of sp³-hybridized carbons (Fsp3) is 0.190. The van der Waals surface area contributed by atoms with Crippen LogP contribution in [0.25, 0.3) is 0 Å². The van der Waals surface area contributed by atoms with E-state index in [0.29, 0.717) is 35.2 Å². The van der Waals surface area contributed by atoms with E-state index in [2.05, 4.69) is 20.8 Å². The van der Waals surface area contributed by atoms with Crippen molar-refractivity contribution in [1.29, 1.82) is 0 Å². The number of halogens is 1. The van der Waals surface area contributed by atoms with Crippen LogP contribution in [-0.2, 0) is 6.42 Å². The van der Waals surface area contributed by atoms with Gasteiger partial charge < -0.3 is 20.1 Å². The van der Waals surface area contributed by atoms with Crippen LogP contribution in [0.4, 0.5) is 16.0 Å². The Labute approximate surface area is 167 Å². The van der Waals surface area contributed by atoms with Gasteiger partial charge >= 0.3 is 0 Å². The van der Waals surface area contributed by atoms with E-state index in [1.54, 1.807) is 26.4 Å². The first-order chi connectivity index (χ1) is 14.1. The Morgan fingerprint density at radius 1 is 0.931 bits per heavy atom. The molecule has 2 N–H and O–H groups in total. The number of hydrogen-bond acceptors (Lipinski definition) is 6. The Morgan fingerprint density at radius 3 is 2.28 bits per heavy atom. The Morgan fingerprint density at radius 2 is 1.62 bits per heavy atom. The number of carbonyl (C=O) groups is 1. The molecule has 0 radical (unpaired) electrons. The maximum absolute atomic E-state index is 12.9. The van der Waals surface area contributed by atoms with Gasteiger partial charge in [-0.2, -0.15) is 0 Å². The average molecular weight is 396 g/mol. The van der Waals surface area contributed by atoms with Gasteiger partial charge in [0.05, 0.1) is 14.2 Å². The maximum atomic E-state index is 12.9. The molecule has 0 spiro atoms. The molecule has 0 aliphatic rings. The van der Waals surface area contributed by atoms with E-state index in [1.807, 2.05) is 18.2 Å². The first kappa shape index (κ1) is 20.1. The van der Waals surface area contributed by atoms with Crippen LogP contribution in [0, 0.1) is 5.82 Å². The second-order valence-electron chi connectivity index (χ2n) is 6.13. The highest BCUT2D eigenvalue weighted by atomic mass is 19.1. The molecule has 0 saturated carbocycles. The van der Waals surface area contributed by atoms with Crippen molar-refractivity contribution < 1.29 is 18.7 Å². The van der Waals surface area contributed by atoms with Crippen molar-refractivity contribution >= 4 is 17.5 Å². The van der Waals surface area contributed by atoms with E-state index in [0.717, 1.165) is 12.0 Å². The van der Waals surface area contributed by atoms with E-state index in [9.17, 15) is 9.18 Å². The van der Waals surface area contributed by atoms with Crippen LogP contribution in [-0.4, -0.2) is 36.9 Å². The summed E-state index contributed by atoms with van der Waals surface area (Å²) in [4.78, 5) is 12.1. The number of rotatable bonds is 8. The van der Waals surface area contributed by atoms with Crippen molar-refractivity contribution in [2.75, 3.05) is 31.4 Å². The predicted molar refractivity (Wildman–Crippen MR) is 108 cm³/mol. The zero-order valence-electron chi connectivity index (χ0n) is 16.1. The molecule has 8 heteroatoms. The Balaban J connectivity index is 1.51. The van der Waals surface area contributed by atoms with E-state index >= 15 is 0 Å². The van der Waals surface area contributed by atoms with Crippen molar-refractivity contribution in [3.63, 3.8) is 0 Å². The molecule has 0 bridgehead atoms. The van der Waals surface area contributed by atoms with Crippen LogP contribution in [0.2, 0.25) is 0 Å². The van der Waals surface area contributed by atoms with Gasteiger partial charge in [-0.15, -0.1) is 10.2 Å². The fourth-order valence-corrected chi connectivity index (χ4v) is 2.65. The van der Waals surface area contributed by atoms with Crippen LogP contribution < -0.4 is 20.1 Å². The molecule has 0 aliphatic heterocycles. The number of aromatic nitrogens is 2. The standard InChI is InChI=1S/C21H21FN4O3/c1-28-17-8-3-14(13-18(17)29-2)11-12-23-19-9-10-20(26-25-19)24-21(27)15-4-6-16(22)7-5-15/h3-10,13H,11-12H2,1-2H3,(H,23,25)(H,24,26,27). The molecular weight excluding hydrogens is 375 g/mol. The van der Waals surface area contributed by atoms with E-state index in [1.165, 1.54) is 24.3 Å². The summed E-state index contributed by atoms with van der Waals surface area (Å²) in [6, 6.07) is 14.4. The fourth-order valence-electron chi connectivity index (χ4n) is 2.65. The number of methoxy groups -OCH3 is 2. The van der Waals surface area contributed by atoms with Gasteiger partial charge in [0.1, 0.15) is 11.6 Å². The number of nitrogens with one attached hydrogen (secondary N) is 2. The van der Waals surface area contributed by atoms with Gasteiger partial charge in [-0.05, 0) is 60.5 Å². The molecule has 3 aromatic rings. The summed E-state index contributed by atoms with van der Waals surface area (Å²) < 4.78 is 23.5. The smallest absolute Gasteiger partial charge is 0.256 e. The van der Waals surface area contributed by atoms with Gasteiger partial charge in [0.15, 0.2) is 17.3 Å². The molecule has 29 heavy (non-hydrogen) atoms. The second-order valence-corrected chi connectivity index (χ2v) is 6.13. The molecule has 0 saturated heterocycles. The van der Waals surface area contributed by atoms with E-state index < -0.39 is 5.82 Å². The van der Waals surface area contributed by atoms with E-state index in [4.69, 9.17) is 9.47 Å². The third-order valence-electron chi connectivity index (χ3n) is 4.18. The van der Waals surface area contributed by atoms with Gasteiger partial charge in [-0.25, -0.2) is 4.39 Å². The molecule has 7 nitrogen and oxygen atoms in total. The molecule has 3 rings (SSSR count). The molecular formula is C21H21FN4O3.